The molecule has 0 bridgehead atoms. The van der Waals surface area contributed by atoms with Gasteiger partial charge in [-0.1, -0.05) is 6.92 Å². The molecule has 1 unspecified atom stereocenters. The number of nitrogens with one attached hydrogen (secondary N) is 2. The highest BCUT2D eigenvalue weighted by atomic mass is 19.3. The number of rotatable bonds is 7. The number of pyridine rings is 1. The fourth-order valence-corrected chi connectivity index (χ4v) is 3.82. The number of piperidine rings is 1. The van der Waals surface area contributed by atoms with E-state index in [0.717, 1.165) is 48.7 Å². The summed E-state index contributed by atoms with van der Waals surface area (Å²) in [5, 5.41) is 3.46. The summed E-state index contributed by atoms with van der Waals surface area (Å²) in [4.78, 5) is 25.7. The van der Waals surface area contributed by atoms with Crippen LogP contribution in [0, 0.1) is 0 Å². The zero-order valence-corrected chi connectivity index (χ0v) is 17.7. The molecule has 7 nitrogen and oxygen atoms in total. The molecule has 32 heavy (non-hydrogen) atoms. The largest absolute Gasteiger partial charge is 0.435 e. The van der Waals surface area contributed by atoms with Crippen molar-refractivity contribution >= 4 is 11.5 Å². The summed E-state index contributed by atoms with van der Waals surface area (Å²) >= 11 is 0. The van der Waals surface area contributed by atoms with Gasteiger partial charge in [-0.15, -0.1) is 0 Å². The van der Waals surface area contributed by atoms with E-state index in [0.29, 0.717) is 12.2 Å². The van der Waals surface area contributed by atoms with Gasteiger partial charge in [0.05, 0.1) is 0 Å². The first-order valence-electron chi connectivity index (χ1n) is 10.6. The molecule has 1 fully saturated rings. The summed E-state index contributed by atoms with van der Waals surface area (Å²) in [6, 6.07) is 12.2. The average molecular weight is 441 g/mol. The SMILES string of the molecule is CCc1cc(=O)[nH]c(-c2ccc(NC3CCCN(c4ccc(OC(F)F)cc4)C3)nc2)n1. The van der Waals surface area contributed by atoms with Crippen LogP contribution in [-0.2, 0) is 6.42 Å². The van der Waals surface area contributed by atoms with Gasteiger partial charge in [-0.2, -0.15) is 8.78 Å². The third kappa shape index (κ3) is 5.40. The Kier molecular flexibility index (Phi) is 6.63. The molecule has 9 heteroatoms. The van der Waals surface area contributed by atoms with Crippen molar-refractivity contribution in [1.82, 2.24) is 15.0 Å². The summed E-state index contributed by atoms with van der Waals surface area (Å²) in [6.07, 6.45) is 4.38. The van der Waals surface area contributed by atoms with Crippen LogP contribution in [0.1, 0.15) is 25.5 Å². The summed E-state index contributed by atoms with van der Waals surface area (Å²) in [6.45, 7) is 0.795. The third-order valence-corrected chi connectivity index (χ3v) is 5.39. The molecule has 1 aliphatic rings. The van der Waals surface area contributed by atoms with Gasteiger partial charge in [0.25, 0.3) is 5.56 Å². The van der Waals surface area contributed by atoms with Gasteiger partial charge in [-0.25, -0.2) is 9.97 Å². The van der Waals surface area contributed by atoms with Crippen LogP contribution in [0.3, 0.4) is 0 Å². The second-order valence-corrected chi connectivity index (χ2v) is 7.67. The first-order valence-corrected chi connectivity index (χ1v) is 10.6. The molecule has 0 aliphatic carbocycles. The van der Waals surface area contributed by atoms with Crippen molar-refractivity contribution < 1.29 is 13.5 Å². The van der Waals surface area contributed by atoms with Crippen LogP contribution >= 0.6 is 0 Å². The molecule has 0 radical (unpaired) electrons. The van der Waals surface area contributed by atoms with Gasteiger partial charge in [0, 0.05) is 48.3 Å². The van der Waals surface area contributed by atoms with Crippen LogP contribution in [-0.4, -0.2) is 40.7 Å². The van der Waals surface area contributed by atoms with Crippen molar-refractivity contribution in [3.63, 3.8) is 0 Å². The molecule has 168 valence electrons. The number of alkyl halides is 2. The highest BCUT2D eigenvalue weighted by Gasteiger charge is 2.20. The van der Waals surface area contributed by atoms with Crippen molar-refractivity contribution in [1.29, 1.82) is 0 Å². The number of benzene rings is 1. The van der Waals surface area contributed by atoms with E-state index in [1.54, 1.807) is 30.5 Å². The van der Waals surface area contributed by atoms with E-state index in [1.165, 1.54) is 6.07 Å². The molecule has 0 saturated carbocycles. The van der Waals surface area contributed by atoms with Crippen molar-refractivity contribution in [2.24, 2.45) is 0 Å². The van der Waals surface area contributed by atoms with Crippen LogP contribution in [0.2, 0.25) is 0 Å². The minimum Gasteiger partial charge on any atom is -0.435 e. The monoisotopic (exact) mass is 441 g/mol. The number of halogens is 2. The second-order valence-electron chi connectivity index (χ2n) is 7.67. The first-order chi connectivity index (χ1) is 15.5. The van der Waals surface area contributed by atoms with E-state index in [4.69, 9.17) is 0 Å². The molecular formula is C23H25F2N5O2. The van der Waals surface area contributed by atoms with Gasteiger partial charge in [-0.3, -0.25) is 4.79 Å². The Balaban J connectivity index is 1.40. The summed E-state index contributed by atoms with van der Waals surface area (Å²) in [5.41, 5.74) is 2.28. The molecule has 0 amide bonds. The number of H-pyrrole nitrogens is 1. The molecule has 0 spiro atoms. The van der Waals surface area contributed by atoms with Crippen molar-refractivity contribution in [3.05, 3.63) is 64.7 Å². The lowest BCUT2D eigenvalue weighted by molar-refractivity contribution is -0.0498. The topological polar surface area (TPSA) is 83.1 Å². The van der Waals surface area contributed by atoms with Gasteiger partial charge in [0.2, 0.25) is 0 Å². The number of aromatic nitrogens is 3. The van der Waals surface area contributed by atoms with Crippen LogP contribution in [0.5, 0.6) is 5.75 Å². The highest BCUT2D eigenvalue weighted by molar-refractivity contribution is 5.56. The van der Waals surface area contributed by atoms with Crippen LogP contribution < -0.4 is 20.5 Å². The van der Waals surface area contributed by atoms with E-state index in [-0.39, 0.29) is 17.4 Å². The lowest BCUT2D eigenvalue weighted by Crippen LogP contribution is -2.42. The van der Waals surface area contributed by atoms with Gasteiger partial charge >= 0.3 is 6.61 Å². The van der Waals surface area contributed by atoms with E-state index in [9.17, 15) is 13.6 Å². The lowest BCUT2D eigenvalue weighted by Gasteiger charge is -2.35. The maximum atomic E-state index is 12.3. The van der Waals surface area contributed by atoms with Crippen LogP contribution in [0.4, 0.5) is 20.3 Å². The minimum absolute atomic E-state index is 0.153. The van der Waals surface area contributed by atoms with E-state index in [2.05, 4.69) is 29.9 Å². The molecule has 1 aromatic carbocycles. The zero-order chi connectivity index (χ0) is 22.5. The maximum Gasteiger partial charge on any atom is 0.387 e. The quantitative estimate of drug-likeness (QED) is 0.575. The Bertz CT molecular complexity index is 1090. The molecule has 4 rings (SSSR count). The number of hydrogen-bond acceptors (Lipinski definition) is 6. The smallest absolute Gasteiger partial charge is 0.387 e. The standard InChI is InChI=1S/C23H25F2N5O2/c1-2-16-12-21(31)29-22(28-16)15-5-10-20(26-13-15)27-17-4-3-11-30(14-17)18-6-8-19(9-7-18)32-23(24)25/h5-10,12-13,17,23H,2-4,11,14H2,1H3,(H,26,27)(H,28,29,31). The predicted octanol–water partition coefficient (Wildman–Crippen LogP) is 4.08. The molecule has 3 aromatic rings. The second kappa shape index (κ2) is 9.76. The summed E-state index contributed by atoms with van der Waals surface area (Å²) < 4.78 is 29.1. The number of anilines is 2. The first kappa shape index (κ1) is 21.7. The summed E-state index contributed by atoms with van der Waals surface area (Å²) in [5.74, 6) is 1.41. The number of nitrogens with zero attached hydrogens (tertiary/aromatic N) is 3. The fourth-order valence-electron chi connectivity index (χ4n) is 3.82. The fraction of sp³-hybridized carbons (Fsp3) is 0.348. The van der Waals surface area contributed by atoms with E-state index >= 15 is 0 Å². The number of aryl methyl sites for hydroxylation is 1. The zero-order valence-electron chi connectivity index (χ0n) is 17.7. The van der Waals surface area contributed by atoms with Crippen molar-refractivity contribution in [2.75, 3.05) is 23.3 Å². The molecule has 1 aliphatic heterocycles. The molecule has 1 atom stereocenters. The predicted molar refractivity (Wildman–Crippen MR) is 119 cm³/mol. The Hall–Kier alpha value is -3.49. The van der Waals surface area contributed by atoms with Crippen molar-refractivity contribution in [3.8, 4) is 17.1 Å². The molecule has 2 N–H and O–H groups in total. The average Bonchev–Trinajstić information content (AvgIpc) is 2.79. The molecule has 3 heterocycles. The van der Waals surface area contributed by atoms with E-state index < -0.39 is 6.61 Å². The molecule has 1 saturated heterocycles. The Morgan fingerprint density at radius 3 is 2.75 bits per heavy atom. The van der Waals surface area contributed by atoms with Gasteiger partial charge in [0.15, 0.2) is 0 Å². The van der Waals surface area contributed by atoms with Gasteiger partial charge in [-0.05, 0) is 55.7 Å². The number of ether oxygens (including phenoxy) is 1. The van der Waals surface area contributed by atoms with Crippen LogP contribution in [0.15, 0.2) is 53.5 Å². The number of hydrogen-bond donors (Lipinski definition) is 2. The minimum atomic E-state index is -2.82. The normalized spacial score (nSPS) is 16.2. The highest BCUT2D eigenvalue weighted by Crippen LogP contribution is 2.25. The van der Waals surface area contributed by atoms with Gasteiger partial charge in [0.1, 0.15) is 17.4 Å². The Labute approximate surface area is 184 Å². The Morgan fingerprint density at radius 1 is 1.25 bits per heavy atom. The van der Waals surface area contributed by atoms with Crippen molar-refractivity contribution in [2.45, 2.75) is 38.8 Å². The number of aromatic amines is 1. The molecular weight excluding hydrogens is 416 g/mol. The molecule has 2 aromatic heterocycles. The summed E-state index contributed by atoms with van der Waals surface area (Å²) in [7, 11) is 0. The van der Waals surface area contributed by atoms with Gasteiger partial charge < -0.3 is 19.9 Å². The lowest BCUT2D eigenvalue weighted by atomic mass is 10.0. The maximum absolute atomic E-state index is 12.3. The Morgan fingerprint density at radius 2 is 2.06 bits per heavy atom. The van der Waals surface area contributed by atoms with E-state index in [1.807, 2.05) is 19.1 Å². The van der Waals surface area contributed by atoms with Crippen LogP contribution in [0.25, 0.3) is 11.4 Å². The third-order valence-electron chi connectivity index (χ3n) is 5.39.